The maximum atomic E-state index is 6.12. The van der Waals surface area contributed by atoms with Crippen LogP contribution in [-0.4, -0.2) is 17.0 Å². The Labute approximate surface area is 139 Å². The van der Waals surface area contributed by atoms with E-state index in [-0.39, 0.29) is 0 Å². The first-order chi connectivity index (χ1) is 11.3. The van der Waals surface area contributed by atoms with Gasteiger partial charge in [-0.1, -0.05) is 29.8 Å². The third-order valence-electron chi connectivity index (χ3n) is 3.14. The van der Waals surface area contributed by atoms with Crippen molar-refractivity contribution in [2.75, 3.05) is 17.7 Å². The van der Waals surface area contributed by atoms with Gasteiger partial charge in [0.1, 0.15) is 23.5 Å². The number of halogens is 1. The van der Waals surface area contributed by atoms with Gasteiger partial charge in [0.15, 0.2) is 11.0 Å². The summed E-state index contributed by atoms with van der Waals surface area (Å²) < 4.78 is 5.76. The van der Waals surface area contributed by atoms with Crippen LogP contribution in [0.25, 0.3) is 0 Å². The number of rotatable bonds is 5. The van der Waals surface area contributed by atoms with Crippen LogP contribution >= 0.6 is 11.6 Å². The number of para-hydroxylation sites is 1. The smallest absolute Gasteiger partial charge is 0.158 e. The lowest BCUT2D eigenvalue weighted by molar-refractivity contribution is 0.483. The van der Waals surface area contributed by atoms with Crippen LogP contribution in [0.3, 0.4) is 0 Å². The van der Waals surface area contributed by atoms with E-state index in [4.69, 9.17) is 16.3 Å². The number of ether oxygens (including phenoxy) is 1. The van der Waals surface area contributed by atoms with Gasteiger partial charge >= 0.3 is 0 Å². The van der Waals surface area contributed by atoms with Gasteiger partial charge in [0.2, 0.25) is 0 Å². The summed E-state index contributed by atoms with van der Waals surface area (Å²) in [6.07, 6.45) is 1.41. The molecule has 0 fully saturated rings. The van der Waals surface area contributed by atoms with Crippen LogP contribution in [0, 0.1) is 0 Å². The number of nitrogens with one attached hydrogen (secondary N) is 2. The van der Waals surface area contributed by atoms with Gasteiger partial charge in [0.25, 0.3) is 0 Å². The molecule has 6 heteroatoms. The largest absolute Gasteiger partial charge is 0.457 e. The molecular weight excluding hydrogens is 312 g/mol. The summed E-state index contributed by atoms with van der Waals surface area (Å²) in [6, 6.07) is 17.2. The van der Waals surface area contributed by atoms with Crippen LogP contribution in [0.15, 0.2) is 60.9 Å². The Kier molecular flexibility index (Phi) is 4.59. The summed E-state index contributed by atoms with van der Waals surface area (Å²) in [7, 11) is 1.78. The normalized spacial score (nSPS) is 10.2. The zero-order valence-corrected chi connectivity index (χ0v) is 13.2. The molecule has 0 saturated heterocycles. The molecule has 0 amide bonds. The second-order valence-corrected chi connectivity index (χ2v) is 5.06. The molecule has 0 spiro atoms. The van der Waals surface area contributed by atoms with E-state index >= 15 is 0 Å². The van der Waals surface area contributed by atoms with Crippen molar-refractivity contribution >= 4 is 28.8 Å². The van der Waals surface area contributed by atoms with Gasteiger partial charge in [-0.15, -0.1) is 0 Å². The highest BCUT2D eigenvalue weighted by molar-refractivity contribution is 6.32. The third-order valence-corrected chi connectivity index (χ3v) is 3.43. The highest BCUT2D eigenvalue weighted by Crippen LogP contribution is 2.30. The van der Waals surface area contributed by atoms with Crippen LogP contribution in [0.1, 0.15) is 0 Å². The Hall–Kier alpha value is -2.79. The van der Waals surface area contributed by atoms with Gasteiger partial charge < -0.3 is 15.4 Å². The van der Waals surface area contributed by atoms with E-state index in [9.17, 15) is 0 Å². The standard InChI is InChI=1S/C17H15ClN4O/c1-19-17-15(16(18)20-11-21-17)22-12-7-9-14(10-8-12)23-13-5-3-2-4-6-13/h2-11,22H,1H3,(H,19,20,21). The highest BCUT2D eigenvalue weighted by atomic mass is 35.5. The monoisotopic (exact) mass is 326 g/mol. The first kappa shape index (κ1) is 15.1. The van der Waals surface area contributed by atoms with Crippen molar-refractivity contribution in [3.63, 3.8) is 0 Å². The molecule has 3 aromatic rings. The molecule has 0 aliphatic rings. The Bertz CT molecular complexity index is 778. The molecule has 5 nitrogen and oxygen atoms in total. The molecule has 1 aromatic heterocycles. The van der Waals surface area contributed by atoms with E-state index in [1.165, 1.54) is 6.33 Å². The number of nitrogens with zero attached hydrogens (tertiary/aromatic N) is 2. The number of hydrogen-bond acceptors (Lipinski definition) is 5. The summed E-state index contributed by atoms with van der Waals surface area (Å²) in [5.74, 6) is 2.19. The maximum Gasteiger partial charge on any atom is 0.158 e. The predicted octanol–water partition coefficient (Wildman–Crippen LogP) is 4.71. The molecule has 2 aromatic carbocycles. The fraction of sp³-hybridized carbons (Fsp3) is 0.0588. The number of hydrogen-bond donors (Lipinski definition) is 2. The van der Waals surface area contributed by atoms with Crippen LogP contribution < -0.4 is 15.4 Å². The van der Waals surface area contributed by atoms with Gasteiger partial charge in [0.05, 0.1) is 0 Å². The molecule has 3 rings (SSSR count). The molecule has 23 heavy (non-hydrogen) atoms. The fourth-order valence-electron chi connectivity index (χ4n) is 2.04. The van der Waals surface area contributed by atoms with Crippen LogP contribution in [0.2, 0.25) is 5.15 Å². The lowest BCUT2D eigenvalue weighted by Crippen LogP contribution is -2.01. The summed E-state index contributed by atoms with van der Waals surface area (Å²) >= 11 is 6.12. The first-order valence-corrected chi connectivity index (χ1v) is 7.42. The lowest BCUT2D eigenvalue weighted by Gasteiger charge is -2.12. The van der Waals surface area contributed by atoms with Crippen molar-refractivity contribution in [1.82, 2.24) is 9.97 Å². The fourth-order valence-corrected chi connectivity index (χ4v) is 2.22. The highest BCUT2D eigenvalue weighted by Gasteiger charge is 2.09. The Morgan fingerprint density at radius 1 is 0.913 bits per heavy atom. The Balaban J connectivity index is 1.76. The molecule has 116 valence electrons. The van der Waals surface area contributed by atoms with Crippen molar-refractivity contribution in [2.24, 2.45) is 0 Å². The second-order valence-electron chi connectivity index (χ2n) is 4.70. The maximum absolute atomic E-state index is 6.12. The average Bonchev–Trinajstić information content (AvgIpc) is 2.59. The number of anilines is 3. The minimum Gasteiger partial charge on any atom is -0.457 e. The van der Waals surface area contributed by atoms with E-state index in [2.05, 4.69) is 20.6 Å². The quantitative estimate of drug-likeness (QED) is 0.665. The van der Waals surface area contributed by atoms with Crippen LogP contribution in [0.4, 0.5) is 17.2 Å². The van der Waals surface area contributed by atoms with E-state index < -0.39 is 0 Å². The van der Waals surface area contributed by atoms with Crippen molar-refractivity contribution in [2.45, 2.75) is 0 Å². The van der Waals surface area contributed by atoms with Crippen molar-refractivity contribution in [3.8, 4) is 11.5 Å². The minimum absolute atomic E-state index is 0.356. The molecule has 0 bridgehead atoms. The molecule has 0 saturated carbocycles. The molecule has 2 N–H and O–H groups in total. The molecule has 0 unspecified atom stereocenters. The summed E-state index contributed by atoms with van der Waals surface area (Å²) in [5.41, 5.74) is 1.49. The molecule has 1 heterocycles. The lowest BCUT2D eigenvalue weighted by atomic mass is 10.3. The zero-order chi connectivity index (χ0) is 16.1. The van der Waals surface area contributed by atoms with Crippen LogP contribution in [-0.2, 0) is 0 Å². The third kappa shape index (κ3) is 3.70. The van der Waals surface area contributed by atoms with Crippen molar-refractivity contribution < 1.29 is 4.74 Å². The van der Waals surface area contributed by atoms with Crippen molar-refractivity contribution in [1.29, 1.82) is 0 Å². The number of aromatic nitrogens is 2. The summed E-state index contributed by atoms with van der Waals surface area (Å²) in [4.78, 5) is 8.12. The van der Waals surface area contributed by atoms with E-state index in [0.717, 1.165) is 17.2 Å². The molecule has 0 aliphatic heterocycles. The minimum atomic E-state index is 0.356. The molecular formula is C17H15ClN4O. The molecule has 0 atom stereocenters. The first-order valence-electron chi connectivity index (χ1n) is 7.04. The van der Waals surface area contributed by atoms with Crippen molar-refractivity contribution in [3.05, 3.63) is 66.1 Å². The summed E-state index contributed by atoms with van der Waals surface area (Å²) in [5, 5.41) is 6.54. The van der Waals surface area contributed by atoms with Gasteiger partial charge in [0, 0.05) is 12.7 Å². The predicted molar refractivity (Wildman–Crippen MR) is 92.8 cm³/mol. The molecule has 0 aliphatic carbocycles. The zero-order valence-electron chi connectivity index (χ0n) is 12.5. The van der Waals surface area contributed by atoms with Gasteiger partial charge in [-0.2, -0.15) is 0 Å². The van der Waals surface area contributed by atoms with E-state index in [0.29, 0.717) is 16.7 Å². The molecule has 0 radical (unpaired) electrons. The van der Waals surface area contributed by atoms with Gasteiger partial charge in [-0.25, -0.2) is 9.97 Å². The van der Waals surface area contributed by atoms with E-state index in [1.807, 2.05) is 54.6 Å². The Morgan fingerprint density at radius 2 is 1.61 bits per heavy atom. The topological polar surface area (TPSA) is 59.1 Å². The van der Waals surface area contributed by atoms with Gasteiger partial charge in [-0.3, -0.25) is 0 Å². The number of benzene rings is 2. The van der Waals surface area contributed by atoms with Gasteiger partial charge in [-0.05, 0) is 36.4 Å². The second kappa shape index (κ2) is 6.98. The van der Waals surface area contributed by atoms with E-state index in [1.54, 1.807) is 7.05 Å². The van der Waals surface area contributed by atoms with Crippen LogP contribution in [0.5, 0.6) is 11.5 Å². The average molecular weight is 327 g/mol. The summed E-state index contributed by atoms with van der Waals surface area (Å²) in [6.45, 7) is 0. The SMILES string of the molecule is CNc1ncnc(Cl)c1Nc1ccc(Oc2ccccc2)cc1. The Morgan fingerprint density at radius 3 is 2.30 bits per heavy atom.